The molecule has 4 heteroatoms. The Hall–Kier alpha value is -1.03. The summed E-state index contributed by atoms with van der Waals surface area (Å²) in [5.41, 5.74) is 0.526. The molecule has 0 bridgehead atoms. The van der Waals surface area contributed by atoms with Gasteiger partial charge < -0.3 is 5.11 Å². The fourth-order valence-corrected chi connectivity index (χ4v) is 2.49. The number of hydrogen-bond acceptors (Lipinski definition) is 1. The molecule has 1 aliphatic rings. The van der Waals surface area contributed by atoms with Gasteiger partial charge in [0.1, 0.15) is 0 Å². The molecule has 1 saturated carbocycles. The highest BCUT2D eigenvalue weighted by Crippen LogP contribution is 2.36. The van der Waals surface area contributed by atoms with E-state index in [1.807, 2.05) is 0 Å². The number of halogens is 3. The summed E-state index contributed by atoms with van der Waals surface area (Å²) in [6.45, 7) is 0.166. The quantitative estimate of drug-likeness (QED) is 0.791. The van der Waals surface area contributed by atoms with Crippen molar-refractivity contribution in [1.29, 1.82) is 0 Å². The van der Waals surface area contributed by atoms with Gasteiger partial charge in [-0.15, -0.1) is 0 Å². The van der Waals surface area contributed by atoms with E-state index in [4.69, 9.17) is 5.11 Å². The Morgan fingerprint density at radius 2 is 1.53 bits per heavy atom. The van der Waals surface area contributed by atoms with Crippen LogP contribution in [-0.4, -0.2) is 11.7 Å². The summed E-state index contributed by atoms with van der Waals surface area (Å²) in [4.78, 5) is 0. The lowest BCUT2D eigenvalue weighted by molar-refractivity contribution is 0.182. The zero-order valence-corrected chi connectivity index (χ0v) is 9.43. The van der Waals surface area contributed by atoms with Crippen LogP contribution in [0.25, 0.3) is 0 Å². The van der Waals surface area contributed by atoms with E-state index in [1.54, 1.807) is 0 Å². The third kappa shape index (κ3) is 2.63. The van der Waals surface area contributed by atoms with Crippen LogP contribution < -0.4 is 0 Å². The first-order valence-corrected chi connectivity index (χ1v) is 5.87. The summed E-state index contributed by atoms with van der Waals surface area (Å²) in [5, 5.41) is 9.00. The second-order valence-corrected chi connectivity index (χ2v) is 4.70. The van der Waals surface area contributed by atoms with Gasteiger partial charge >= 0.3 is 0 Å². The van der Waals surface area contributed by atoms with Crippen LogP contribution in [0.1, 0.15) is 37.2 Å². The van der Waals surface area contributed by atoms with Gasteiger partial charge in [0.25, 0.3) is 0 Å². The highest BCUT2D eigenvalue weighted by atomic mass is 19.2. The van der Waals surface area contributed by atoms with Crippen molar-refractivity contribution in [2.45, 2.75) is 31.6 Å². The molecular formula is C13H15F3O. The van der Waals surface area contributed by atoms with Gasteiger partial charge in [0.15, 0.2) is 17.5 Å². The standard InChI is InChI=1S/C13H15F3O/c14-11-5-10(6-12(15)13(11)16)9-3-1-8(7-17)2-4-9/h5-6,8-9,17H,1-4,7H2. The Bertz CT molecular complexity index is 375. The number of hydrogen-bond donors (Lipinski definition) is 1. The Morgan fingerprint density at radius 3 is 2.00 bits per heavy atom. The minimum absolute atomic E-state index is 0.0717. The van der Waals surface area contributed by atoms with E-state index < -0.39 is 17.5 Å². The second kappa shape index (κ2) is 5.08. The lowest BCUT2D eigenvalue weighted by Gasteiger charge is -2.27. The highest BCUT2D eigenvalue weighted by Gasteiger charge is 2.23. The first kappa shape index (κ1) is 12.4. The molecule has 94 valence electrons. The average Bonchev–Trinajstić information content (AvgIpc) is 2.35. The van der Waals surface area contributed by atoms with Crippen molar-refractivity contribution in [3.8, 4) is 0 Å². The molecule has 1 fully saturated rings. The molecule has 17 heavy (non-hydrogen) atoms. The molecule has 0 aromatic heterocycles. The van der Waals surface area contributed by atoms with Crippen molar-refractivity contribution >= 4 is 0 Å². The normalized spacial score (nSPS) is 24.9. The van der Waals surface area contributed by atoms with Crippen LogP contribution in [0, 0.1) is 23.4 Å². The number of aliphatic hydroxyl groups is 1. The smallest absolute Gasteiger partial charge is 0.194 e. The van der Waals surface area contributed by atoms with E-state index >= 15 is 0 Å². The molecule has 0 unspecified atom stereocenters. The number of rotatable bonds is 2. The predicted molar refractivity (Wildman–Crippen MR) is 58.1 cm³/mol. The first-order valence-electron chi connectivity index (χ1n) is 5.87. The van der Waals surface area contributed by atoms with Gasteiger partial charge in [-0.1, -0.05) is 0 Å². The van der Waals surface area contributed by atoms with Crippen LogP contribution in [-0.2, 0) is 0 Å². The van der Waals surface area contributed by atoms with Gasteiger partial charge in [-0.25, -0.2) is 13.2 Å². The molecule has 0 radical (unpaired) electrons. The van der Waals surface area contributed by atoms with E-state index in [-0.39, 0.29) is 12.5 Å². The van der Waals surface area contributed by atoms with Crippen molar-refractivity contribution in [2.75, 3.05) is 6.61 Å². The zero-order valence-electron chi connectivity index (χ0n) is 9.43. The first-order chi connectivity index (χ1) is 8.11. The van der Waals surface area contributed by atoms with Crippen LogP contribution in [0.2, 0.25) is 0 Å². The Kier molecular flexibility index (Phi) is 3.72. The molecule has 1 nitrogen and oxygen atoms in total. The summed E-state index contributed by atoms with van der Waals surface area (Å²) in [6.07, 6.45) is 3.27. The summed E-state index contributed by atoms with van der Waals surface area (Å²) in [5.74, 6) is -3.28. The molecule has 1 aliphatic carbocycles. The molecule has 2 rings (SSSR count). The minimum Gasteiger partial charge on any atom is -0.396 e. The SMILES string of the molecule is OCC1CCC(c2cc(F)c(F)c(F)c2)CC1. The lowest BCUT2D eigenvalue weighted by Crippen LogP contribution is -2.16. The van der Waals surface area contributed by atoms with Gasteiger partial charge in [0.05, 0.1) is 0 Å². The maximum Gasteiger partial charge on any atom is 0.194 e. The highest BCUT2D eigenvalue weighted by molar-refractivity contribution is 5.23. The molecule has 0 heterocycles. The average molecular weight is 244 g/mol. The van der Waals surface area contributed by atoms with Gasteiger partial charge in [0, 0.05) is 6.61 Å². The van der Waals surface area contributed by atoms with Crippen LogP contribution in [0.3, 0.4) is 0 Å². The minimum atomic E-state index is -1.40. The summed E-state index contributed by atoms with van der Waals surface area (Å²) in [7, 11) is 0. The molecule has 0 atom stereocenters. The fraction of sp³-hybridized carbons (Fsp3) is 0.538. The van der Waals surface area contributed by atoms with Crippen molar-refractivity contribution in [2.24, 2.45) is 5.92 Å². The molecule has 1 aromatic rings. The van der Waals surface area contributed by atoms with Crippen molar-refractivity contribution in [1.82, 2.24) is 0 Å². The van der Waals surface area contributed by atoms with E-state index in [0.29, 0.717) is 11.5 Å². The third-order valence-electron chi connectivity index (χ3n) is 3.58. The van der Waals surface area contributed by atoms with Crippen LogP contribution in [0.4, 0.5) is 13.2 Å². The second-order valence-electron chi connectivity index (χ2n) is 4.70. The lowest BCUT2D eigenvalue weighted by atomic mass is 9.79. The van der Waals surface area contributed by atoms with E-state index in [0.717, 1.165) is 37.8 Å². The molecule has 0 amide bonds. The molecule has 0 saturated heterocycles. The summed E-state index contributed by atoms with van der Waals surface area (Å²) < 4.78 is 39.0. The molecule has 1 N–H and O–H groups in total. The maximum atomic E-state index is 13.1. The van der Waals surface area contributed by atoms with Crippen LogP contribution in [0.5, 0.6) is 0 Å². The van der Waals surface area contributed by atoms with Gasteiger partial charge in [-0.3, -0.25) is 0 Å². The van der Waals surface area contributed by atoms with Crippen molar-refractivity contribution in [3.05, 3.63) is 35.1 Å². The predicted octanol–water partition coefficient (Wildman–Crippen LogP) is 3.37. The summed E-state index contributed by atoms with van der Waals surface area (Å²) in [6, 6.07) is 2.17. The Labute approximate surface area is 98.3 Å². The molecule has 0 spiro atoms. The van der Waals surface area contributed by atoms with E-state index in [1.165, 1.54) is 0 Å². The van der Waals surface area contributed by atoms with Crippen LogP contribution >= 0.6 is 0 Å². The number of aliphatic hydroxyl groups excluding tert-OH is 1. The van der Waals surface area contributed by atoms with Gasteiger partial charge in [-0.2, -0.15) is 0 Å². The van der Waals surface area contributed by atoms with E-state index in [2.05, 4.69) is 0 Å². The Balaban J connectivity index is 2.13. The number of benzene rings is 1. The molecular weight excluding hydrogens is 229 g/mol. The van der Waals surface area contributed by atoms with Gasteiger partial charge in [0.2, 0.25) is 0 Å². The Morgan fingerprint density at radius 1 is 1.00 bits per heavy atom. The van der Waals surface area contributed by atoms with Gasteiger partial charge in [-0.05, 0) is 55.2 Å². The van der Waals surface area contributed by atoms with Crippen LogP contribution in [0.15, 0.2) is 12.1 Å². The van der Waals surface area contributed by atoms with E-state index in [9.17, 15) is 13.2 Å². The molecule has 0 aliphatic heterocycles. The van der Waals surface area contributed by atoms with Crippen molar-refractivity contribution < 1.29 is 18.3 Å². The van der Waals surface area contributed by atoms with Crippen molar-refractivity contribution in [3.63, 3.8) is 0 Å². The third-order valence-corrected chi connectivity index (χ3v) is 3.58. The molecule has 1 aromatic carbocycles. The topological polar surface area (TPSA) is 20.2 Å². The zero-order chi connectivity index (χ0) is 12.4. The monoisotopic (exact) mass is 244 g/mol. The fourth-order valence-electron chi connectivity index (χ4n) is 2.49. The summed E-state index contributed by atoms with van der Waals surface area (Å²) >= 11 is 0. The largest absolute Gasteiger partial charge is 0.396 e. The maximum absolute atomic E-state index is 13.1.